The predicted molar refractivity (Wildman–Crippen MR) is 74.2 cm³/mol. The molecule has 6 nitrogen and oxygen atoms in total. The van der Waals surface area contributed by atoms with Crippen LogP contribution < -0.4 is 4.72 Å². The quantitative estimate of drug-likeness (QED) is 0.875. The van der Waals surface area contributed by atoms with Gasteiger partial charge in [0.1, 0.15) is 14.2 Å². The summed E-state index contributed by atoms with van der Waals surface area (Å²) in [4.78, 5) is 14.2. The molecule has 0 unspecified atom stereocenters. The van der Waals surface area contributed by atoms with Gasteiger partial charge in [-0.25, -0.2) is 18.2 Å². The molecular weight excluding hydrogens is 355 g/mol. The molecule has 0 fully saturated rings. The molecule has 102 valence electrons. The van der Waals surface area contributed by atoms with Crippen LogP contribution in [0, 0.1) is 0 Å². The van der Waals surface area contributed by atoms with Gasteiger partial charge in [-0.3, -0.25) is 4.72 Å². The number of hydrogen-bond donors (Lipinski definition) is 2. The number of carboxylic acid groups (broad SMARTS) is 1. The molecule has 0 aliphatic heterocycles. The van der Waals surface area contributed by atoms with Crippen LogP contribution in [-0.2, 0) is 10.0 Å². The lowest BCUT2D eigenvalue weighted by Gasteiger charge is -2.04. The van der Waals surface area contributed by atoms with Crippen molar-refractivity contribution in [3.8, 4) is 0 Å². The third-order valence-corrected chi connectivity index (χ3v) is 5.89. The maximum atomic E-state index is 12.0. The Morgan fingerprint density at radius 2 is 2.11 bits per heavy atom. The summed E-state index contributed by atoms with van der Waals surface area (Å²) in [5, 5.41) is 8.75. The van der Waals surface area contributed by atoms with Crippen molar-refractivity contribution in [2.24, 2.45) is 0 Å². The average Bonchev–Trinajstić information content (AvgIpc) is 2.84. The number of thiazole rings is 1. The highest BCUT2D eigenvalue weighted by Gasteiger charge is 2.24. The number of rotatable bonds is 4. The summed E-state index contributed by atoms with van der Waals surface area (Å²) in [6.45, 7) is 0. The number of hydrogen-bond acceptors (Lipinski definition) is 6. The van der Waals surface area contributed by atoms with Gasteiger partial charge in [0.2, 0.25) is 0 Å². The summed E-state index contributed by atoms with van der Waals surface area (Å²) in [6, 6.07) is 1.19. The van der Waals surface area contributed by atoms with Crippen LogP contribution in [0.2, 0.25) is 8.67 Å². The van der Waals surface area contributed by atoms with Crippen LogP contribution in [0.5, 0.6) is 0 Å². The minimum absolute atomic E-state index is 0.00103. The van der Waals surface area contributed by atoms with Crippen LogP contribution in [-0.4, -0.2) is 24.5 Å². The van der Waals surface area contributed by atoms with E-state index in [1.165, 1.54) is 11.6 Å². The molecule has 19 heavy (non-hydrogen) atoms. The summed E-state index contributed by atoms with van der Waals surface area (Å²) < 4.78 is 26.4. The largest absolute Gasteiger partial charge is 0.476 e. The van der Waals surface area contributed by atoms with Crippen molar-refractivity contribution in [2.45, 2.75) is 4.90 Å². The summed E-state index contributed by atoms with van der Waals surface area (Å²) in [5.41, 5.74) is 0.856. The number of halogens is 2. The Bertz CT molecular complexity index is 737. The second-order valence-electron chi connectivity index (χ2n) is 3.13. The molecule has 0 atom stereocenters. The zero-order chi connectivity index (χ0) is 14.2. The fourth-order valence-corrected chi connectivity index (χ4v) is 5.30. The van der Waals surface area contributed by atoms with Crippen LogP contribution in [0.1, 0.15) is 10.5 Å². The highest BCUT2D eigenvalue weighted by Crippen LogP contribution is 2.35. The monoisotopic (exact) mass is 358 g/mol. The highest BCUT2D eigenvalue weighted by molar-refractivity contribution is 7.93. The third kappa shape index (κ3) is 3.00. The van der Waals surface area contributed by atoms with E-state index in [1.54, 1.807) is 0 Å². The number of anilines is 1. The first-order valence-corrected chi connectivity index (χ1v) is 8.39. The molecule has 0 bridgehead atoms. The fraction of sp³-hybridized carbons (Fsp3) is 0. The molecule has 0 amide bonds. The van der Waals surface area contributed by atoms with Gasteiger partial charge < -0.3 is 5.11 Å². The van der Waals surface area contributed by atoms with E-state index in [0.29, 0.717) is 0 Å². The van der Waals surface area contributed by atoms with Gasteiger partial charge in [0.05, 0.1) is 9.85 Å². The number of nitrogens with one attached hydrogen (secondary N) is 1. The average molecular weight is 359 g/mol. The van der Waals surface area contributed by atoms with E-state index in [-0.39, 0.29) is 24.3 Å². The molecule has 0 saturated heterocycles. The minimum atomic E-state index is -4.00. The van der Waals surface area contributed by atoms with E-state index in [1.807, 2.05) is 0 Å². The number of sulfonamides is 1. The second kappa shape index (κ2) is 5.25. The smallest absolute Gasteiger partial charge is 0.357 e. The molecule has 2 aromatic rings. The molecule has 0 aliphatic rings. The topological polar surface area (TPSA) is 96.4 Å². The number of nitrogens with zero attached hydrogens (tertiary/aromatic N) is 1. The molecule has 0 spiro atoms. The van der Waals surface area contributed by atoms with Crippen LogP contribution in [0.3, 0.4) is 0 Å². The minimum Gasteiger partial charge on any atom is -0.476 e. The van der Waals surface area contributed by atoms with Gasteiger partial charge in [-0.05, 0) is 6.07 Å². The Balaban J connectivity index is 2.39. The first-order chi connectivity index (χ1) is 8.81. The Morgan fingerprint density at radius 3 is 2.63 bits per heavy atom. The third-order valence-electron chi connectivity index (χ3n) is 1.91. The molecule has 2 rings (SSSR count). The van der Waals surface area contributed by atoms with Crippen LogP contribution >= 0.6 is 45.9 Å². The lowest BCUT2D eigenvalue weighted by atomic mass is 10.5. The number of carbonyl (C=O) groups is 1. The van der Waals surface area contributed by atoms with Crippen LogP contribution in [0.15, 0.2) is 16.5 Å². The molecule has 11 heteroatoms. The van der Waals surface area contributed by atoms with E-state index >= 15 is 0 Å². The maximum absolute atomic E-state index is 12.0. The first-order valence-electron chi connectivity index (χ1n) is 4.45. The molecule has 0 aromatic carbocycles. The van der Waals surface area contributed by atoms with Gasteiger partial charge in [0.15, 0.2) is 5.69 Å². The van der Waals surface area contributed by atoms with Crippen molar-refractivity contribution in [2.75, 3.05) is 4.72 Å². The Hall–Kier alpha value is -0.870. The Kier molecular flexibility index (Phi) is 4.02. The van der Waals surface area contributed by atoms with Crippen molar-refractivity contribution in [1.29, 1.82) is 0 Å². The number of aromatic nitrogens is 1. The van der Waals surface area contributed by atoms with Crippen molar-refractivity contribution >= 4 is 66.9 Å². The van der Waals surface area contributed by atoms with Crippen molar-refractivity contribution in [3.05, 3.63) is 25.9 Å². The lowest BCUT2D eigenvalue weighted by Crippen LogP contribution is -2.14. The molecule has 2 aromatic heterocycles. The number of thiophene rings is 1. The van der Waals surface area contributed by atoms with Crippen LogP contribution in [0.4, 0.5) is 5.00 Å². The fourth-order valence-electron chi connectivity index (χ4n) is 1.16. The van der Waals surface area contributed by atoms with Crippen LogP contribution in [0.25, 0.3) is 0 Å². The maximum Gasteiger partial charge on any atom is 0.357 e. The molecule has 2 heterocycles. The van der Waals surface area contributed by atoms with Gasteiger partial charge in [-0.2, -0.15) is 0 Å². The molecular formula is C8H4Cl2N2O4S3. The van der Waals surface area contributed by atoms with E-state index in [2.05, 4.69) is 9.71 Å². The van der Waals surface area contributed by atoms with Gasteiger partial charge in [0.25, 0.3) is 10.0 Å². The van der Waals surface area contributed by atoms with E-state index < -0.39 is 16.0 Å². The SMILES string of the molecule is O=C(O)c1ncsc1NS(=O)(=O)c1cc(Cl)sc1Cl. The predicted octanol–water partition coefficient (Wildman–Crippen LogP) is 3.01. The Labute approximate surface area is 125 Å². The normalized spacial score (nSPS) is 11.5. The molecule has 2 N–H and O–H groups in total. The zero-order valence-corrected chi connectivity index (χ0v) is 12.7. The van der Waals surface area contributed by atoms with Crippen molar-refractivity contribution < 1.29 is 18.3 Å². The molecule has 0 radical (unpaired) electrons. The second-order valence-corrected chi connectivity index (χ2v) is 7.92. The molecule has 0 saturated carbocycles. The highest BCUT2D eigenvalue weighted by atomic mass is 35.5. The summed E-state index contributed by atoms with van der Waals surface area (Å²) in [6.07, 6.45) is 0. The van der Waals surface area contributed by atoms with Gasteiger partial charge in [0, 0.05) is 0 Å². The zero-order valence-electron chi connectivity index (χ0n) is 8.75. The van der Waals surface area contributed by atoms with E-state index in [4.69, 9.17) is 28.3 Å². The first kappa shape index (κ1) is 14.5. The summed E-state index contributed by atoms with van der Waals surface area (Å²) in [5.74, 6) is -1.33. The van der Waals surface area contributed by atoms with Crippen molar-refractivity contribution in [1.82, 2.24) is 4.98 Å². The van der Waals surface area contributed by atoms with Gasteiger partial charge >= 0.3 is 5.97 Å². The standard InChI is InChI=1S/C8H4Cl2N2O4S3/c9-4-1-3(6(10)18-4)19(15,16)12-7-5(8(13)14)11-2-17-7/h1-2,12H,(H,13,14). The number of carboxylic acids is 1. The van der Waals surface area contributed by atoms with E-state index in [9.17, 15) is 13.2 Å². The lowest BCUT2D eigenvalue weighted by molar-refractivity contribution is 0.0692. The van der Waals surface area contributed by atoms with Crippen molar-refractivity contribution in [3.63, 3.8) is 0 Å². The van der Waals surface area contributed by atoms with Gasteiger partial charge in [-0.15, -0.1) is 22.7 Å². The van der Waals surface area contributed by atoms with E-state index in [0.717, 1.165) is 22.7 Å². The summed E-state index contributed by atoms with van der Waals surface area (Å²) >= 11 is 13.2. The van der Waals surface area contributed by atoms with Gasteiger partial charge in [-0.1, -0.05) is 23.2 Å². The number of aromatic carboxylic acids is 1. The summed E-state index contributed by atoms with van der Waals surface area (Å²) in [7, 11) is -4.00. The Morgan fingerprint density at radius 1 is 1.42 bits per heavy atom. The molecule has 0 aliphatic carbocycles.